The second-order valence-corrected chi connectivity index (χ2v) is 10.0. The van der Waals surface area contributed by atoms with E-state index in [1.807, 2.05) is 13.0 Å². The number of carbonyl (C=O) groups excluding carboxylic acids is 1. The highest BCUT2D eigenvalue weighted by molar-refractivity contribution is 7.99. The molecule has 1 aliphatic heterocycles. The summed E-state index contributed by atoms with van der Waals surface area (Å²) >= 11 is 1.41. The van der Waals surface area contributed by atoms with Crippen LogP contribution in [0.2, 0.25) is 0 Å². The minimum Gasteiger partial charge on any atom is -0.303 e. The highest BCUT2D eigenvalue weighted by atomic mass is 32.2. The smallest absolute Gasteiger partial charge is 0.234 e. The second kappa shape index (κ2) is 6.94. The van der Waals surface area contributed by atoms with E-state index >= 15 is 0 Å². The number of benzene rings is 1. The molecule has 2 aromatic rings. The van der Waals surface area contributed by atoms with E-state index in [-0.39, 0.29) is 11.5 Å². The number of ketones is 1. The molecule has 0 saturated heterocycles. The van der Waals surface area contributed by atoms with Crippen LogP contribution in [-0.2, 0) is 16.4 Å². The number of fused-ring (bicyclic) bond motifs is 1. The van der Waals surface area contributed by atoms with Crippen LogP contribution in [0.4, 0.5) is 5.69 Å². The number of nitrogens with zero attached hydrogens (tertiary/aromatic N) is 4. The highest BCUT2D eigenvalue weighted by Crippen LogP contribution is 2.38. The van der Waals surface area contributed by atoms with Crippen LogP contribution in [0.15, 0.2) is 23.4 Å². The van der Waals surface area contributed by atoms with E-state index in [2.05, 4.69) is 14.8 Å². The van der Waals surface area contributed by atoms with Gasteiger partial charge >= 0.3 is 0 Å². The monoisotopic (exact) mass is 406 g/mol. The highest BCUT2D eigenvalue weighted by Gasteiger charge is 2.30. The lowest BCUT2D eigenvalue weighted by Crippen LogP contribution is -2.30. The number of Topliss-reactive ketones (excluding diaryl/α,β-unsaturated/α-hetero) is 1. The third-order valence-corrected chi connectivity index (χ3v) is 7.76. The maximum Gasteiger partial charge on any atom is 0.234 e. The molecule has 1 fully saturated rings. The van der Waals surface area contributed by atoms with Gasteiger partial charge in [-0.1, -0.05) is 11.8 Å². The number of hydrogen-bond acceptors (Lipinski definition) is 6. The zero-order chi connectivity index (χ0) is 19.2. The lowest BCUT2D eigenvalue weighted by Gasteiger charge is -2.18. The van der Waals surface area contributed by atoms with Crippen LogP contribution >= 0.6 is 11.8 Å². The molecular formula is C18H22N4O3S2. The topological polar surface area (TPSA) is 85.2 Å². The summed E-state index contributed by atoms with van der Waals surface area (Å²) in [5, 5.41) is 9.13. The normalized spacial score (nSPS) is 16.6. The number of carbonyl (C=O) groups is 1. The minimum atomic E-state index is -3.27. The first-order chi connectivity index (χ1) is 12.9. The maximum atomic E-state index is 12.6. The van der Waals surface area contributed by atoms with Crippen LogP contribution in [0.5, 0.6) is 0 Å². The van der Waals surface area contributed by atoms with Gasteiger partial charge in [-0.15, -0.1) is 10.2 Å². The Hall–Kier alpha value is -1.87. The van der Waals surface area contributed by atoms with Crippen molar-refractivity contribution in [3.63, 3.8) is 0 Å². The maximum absolute atomic E-state index is 12.6. The van der Waals surface area contributed by atoms with E-state index in [1.54, 1.807) is 19.1 Å². The van der Waals surface area contributed by atoms with Crippen LogP contribution in [0.3, 0.4) is 0 Å². The predicted octanol–water partition coefficient (Wildman–Crippen LogP) is 2.61. The van der Waals surface area contributed by atoms with Gasteiger partial charge in [0.1, 0.15) is 5.82 Å². The van der Waals surface area contributed by atoms with Gasteiger partial charge in [0.15, 0.2) is 10.9 Å². The van der Waals surface area contributed by atoms with Crippen molar-refractivity contribution in [1.82, 2.24) is 14.8 Å². The molecule has 1 saturated carbocycles. The van der Waals surface area contributed by atoms with Crippen LogP contribution in [-0.4, -0.2) is 47.0 Å². The van der Waals surface area contributed by atoms with Crippen molar-refractivity contribution >= 4 is 33.3 Å². The van der Waals surface area contributed by atoms with Crippen molar-refractivity contribution in [1.29, 1.82) is 0 Å². The van der Waals surface area contributed by atoms with Gasteiger partial charge in [-0.25, -0.2) is 8.42 Å². The molecule has 9 heteroatoms. The van der Waals surface area contributed by atoms with E-state index in [1.165, 1.54) is 16.1 Å². The van der Waals surface area contributed by atoms with Crippen molar-refractivity contribution in [3.8, 4) is 0 Å². The molecule has 27 heavy (non-hydrogen) atoms. The number of hydrogen-bond donors (Lipinski definition) is 0. The number of aromatic nitrogens is 3. The molecular weight excluding hydrogens is 384 g/mol. The summed E-state index contributed by atoms with van der Waals surface area (Å²) < 4.78 is 27.9. The summed E-state index contributed by atoms with van der Waals surface area (Å²) in [6, 6.07) is 5.79. The van der Waals surface area contributed by atoms with Gasteiger partial charge in [-0.2, -0.15) is 0 Å². The number of sulfonamides is 1. The Morgan fingerprint density at radius 1 is 1.30 bits per heavy atom. The van der Waals surface area contributed by atoms with Crippen molar-refractivity contribution < 1.29 is 13.2 Å². The van der Waals surface area contributed by atoms with Crippen molar-refractivity contribution in [2.24, 2.45) is 0 Å². The molecule has 0 unspecified atom stereocenters. The Kier molecular flexibility index (Phi) is 4.75. The lowest BCUT2D eigenvalue weighted by atomic mass is 10.1. The summed E-state index contributed by atoms with van der Waals surface area (Å²) in [6.45, 7) is 4.03. The second-order valence-electron chi connectivity index (χ2n) is 6.91. The van der Waals surface area contributed by atoms with Crippen LogP contribution in [0.25, 0.3) is 0 Å². The Morgan fingerprint density at radius 3 is 2.78 bits per heavy atom. The molecule has 4 rings (SSSR count). The average Bonchev–Trinajstić information content (AvgIpc) is 3.28. The third kappa shape index (κ3) is 3.50. The van der Waals surface area contributed by atoms with Gasteiger partial charge in [-0.3, -0.25) is 9.10 Å². The van der Waals surface area contributed by atoms with Crippen LogP contribution in [0.1, 0.15) is 47.6 Å². The minimum absolute atomic E-state index is 0.0163. The van der Waals surface area contributed by atoms with Gasteiger partial charge in [0.25, 0.3) is 0 Å². The van der Waals surface area contributed by atoms with Gasteiger partial charge in [0.05, 0.1) is 17.2 Å². The Morgan fingerprint density at radius 2 is 2.07 bits per heavy atom. The molecule has 2 heterocycles. The molecule has 1 aromatic heterocycles. The summed E-state index contributed by atoms with van der Waals surface area (Å²) in [6.07, 6.45) is 2.92. The van der Waals surface area contributed by atoms with E-state index in [0.717, 1.165) is 29.4 Å². The zero-order valence-electron chi connectivity index (χ0n) is 15.4. The molecule has 0 spiro atoms. The molecule has 1 aromatic carbocycles. The van der Waals surface area contributed by atoms with Gasteiger partial charge < -0.3 is 4.57 Å². The molecule has 7 nitrogen and oxygen atoms in total. The first-order valence-corrected chi connectivity index (χ1v) is 11.7. The Labute approximate surface area is 163 Å². The van der Waals surface area contributed by atoms with Crippen molar-refractivity contribution in [2.75, 3.05) is 22.4 Å². The average molecular weight is 407 g/mol. The summed E-state index contributed by atoms with van der Waals surface area (Å²) in [4.78, 5) is 12.6. The Balaban J connectivity index is 1.48. The van der Waals surface area contributed by atoms with Gasteiger partial charge in [-0.05, 0) is 56.9 Å². The molecule has 144 valence electrons. The summed E-state index contributed by atoms with van der Waals surface area (Å²) in [5.74, 6) is 1.27. The van der Waals surface area contributed by atoms with Gasteiger partial charge in [0, 0.05) is 18.2 Å². The first kappa shape index (κ1) is 18.5. The molecule has 0 bridgehead atoms. The number of aryl methyl sites for hydroxylation is 1. The van der Waals surface area contributed by atoms with Crippen LogP contribution < -0.4 is 4.31 Å². The van der Waals surface area contributed by atoms with Crippen molar-refractivity contribution in [2.45, 2.75) is 44.3 Å². The SMILES string of the molecule is CCS(=O)(=O)N1CCc2cc(C(=O)CSc3nnc(C)n3C3CC3)ccc21. The van der Waals surface area contributed by atoms with E-state index in [9.17, 15) is 13.2 Å². The molecule has 0 atom stereocenters. The fourth-order valence-electron chi connectivity index (χ4n) is 3.40. The summed E-state index contributed by atoms with van der Waals surface area (Å²) in [7, 11) is -3.27. The number of anilines is 1. The van der Waals surface area contributed by atoms with Gasteiger partial charge in [0.2, 0.25) is 10.0 Å². The fourth-order valence-corrected chi connectivity index (χ4v) is 5.51. The molecule has 0 amide bonds. The lowest BCUT2D eigenvalue weighted by molar-refractivity contribution is 0.102. The zero-order valence-corrected chi connectivity index (χ0v) is 17.0. The first-order valence-electron chi connectivity index (χ1n) is 9.11. The van der Waals surface area contributed by atoms with Crippen LogP contribution in [0, 0.1) is 6.92 Å². The largest absolute Gasteiger partial charge is 0.303 e. The van der Waals surface area contributed by atoms with Crippen molar-refractivity contribution in [3.05, 3.63) is 35.2 Å². The standard InChI is InChI=1S/C18H22N4O3S2/c1-3-27(24,25)21-9-8-13-10-14(4-7-16(13)21)17(23)11-26-18-20-19-12(2)22(18)15-5-6-15/h4,7,10,15H,3,5-6,8-9,11H2,1-2H3. The summed E-state index contributed by atoms with van der Waals surface area (Å²) in [5.41, 5.74) is 2.23. The number of thioether (sulfide) groups is 1. The third-order valence-electron chi connectivity index (χ3n) is 5.03. The number of rotatable bonds is 7. The molecule has 2 aliphatic rings. The van der Waals surface area contributed by atoms with E-state index < -0.39 is 10.0 Å². The Bertz CT molecular complexity index is 996. The fraction of sp³-hybridized carbons (Fsp3) is 0.500. The molecule has 1 aliphatic carbocycles. The molecule has 0 radical (unpaired) electrons. The predicted molar refractivity (Wildman–Crippen MR) is 105 cm³/mol. The molecule has 0 N–H and O–H groups in total. The van der Waals surface area contributed by atoms with E-state index in [4.69, 9.17) is 0 Å². The quantitative estimate of drug-likeness (QED) is 0.519. The van der Waals surface area contributed by atoms with E-state index in [0.29, 0.717) is 36.0 Å².